The molecule has 8 nitrogen and oxygen atoms in total. The number of ether oxygens (including phenoxy) is 2. The van der Waals surface area contributed by atoms with E-state index in [1.807, 2.05) is 66.9 Å². The molecule has 0 spiro atoms. The van der Waals surface area contributed by atoms with E-state index < -0.39 is 30.1 Å². The zero-order valence-corrected chi connectivity index (χ0v) is 21.2. The number of aromatic nitrogens is 1. The minimum absolute atomic E-state index is 0.0860. The number of benzene rings is 3. The van der Waals surface area contributed by atoms with Crippen molar-refractivity contribution in [2.24, 2.45) is 0 Å². The van der Waals surface area contributed by atoms with Crippen molar-refractivity contribution in [2.75, 3.05) is 13.7 Å². The Labute approximate surface area is 220 Å². The Kier molecular flexibility index (Phi) is 7.13. The van der Waals surface area contributed by atoms with Crippen LogP contribution in [-0.2, 0) is 25.5 Å². The van der Waals surface area contributed by atoms with Gasteiger partial charge in [0.15, 0.2) is 0 Å². The van der Waals surface area contributed by atoms with E-state index in [0.29, 0.717) is 0 Å². The van der Waals surface area contributed by atoms with Crippen molar-refractivity contribution in [3.8, 4) is 11.1 Å². The van der Waals surface area contributed by atoms with Gasteiger partial charge in [-0.2, -0.15) is 0 Å². The molecule has 3 aromatic carbocycles. The lowest BCUT2D eigenvalue weighted by Crippen LogP contribution is -2.51. The third-order valence-electron chi connectivity index (χ3n) is 6.97. The van der Waals surface area contributed by atoms with E-state index in [-0.39, 0.29) is 18.9 Å². The van der Waals surface area contributed by atoms with Crippen LogP contribution in [0.1, 0.15) is 29.5 Å². The first-order valence-corrected chi connectivity index (χ1v) is 12.5. The molecule has 0 saturated carbocycles. The lowest BCUT2D eigenvalue weighted by Gasteiger charge is -2.20. The van der Waals surface area contributed by atoms with Gasteiger partial charge in [0.2, 0.25) is 5.91 Å². The van der Waals surface area contributed by atoms with Gasteiger partial charge in [0.25, 0.3) is 0 Å². The number of methoxy groups -OCH3 is 1. The molecule has 1 aliphatic carbocycles. The van der Waals surface area contributed by atoms with E-state index in [2.05, 4.69) is 27.8 Å². The maximum absolute atomic E-state index is 12.9. The number of nitrogens with one attached hydrogen (secondary N) is 3. The van der Waals surface area contributed by atoms with Crippen LogP contribution in [0, 0.1) is 0 Å². The number of alkyl carbamates (subject to hydrolysis) is 1. The smallest absolute Gasteiger partial charge is 0.407 e. The predicted molar refractivity (Wildman–Crippen MR) is 144 cm³/mol. The SMILES string of the molecule is COC(=O)[C@H](Cc1c[nH]c2ccccc12)NC(=O)[C@H](C)NC(=O)OCC1c2ccccc2-c2ccccc21. The summed E-state index contributed by atoms with van der Waals surface area (Å²) in [6, 6.07) is 22.0. The number of rotatable bonds is 8. The highest BCUT2D eigenvalue weighted by Gasteiger charge is 2.30. The van der Waals surface area contributed by atoms with E-state index in [0.717, 1.165) is 38.7 Å². The molecule has 0 radical (unpaired) electrons. The highest BCUT2D eigenvalue weighted by Crippen LogP contribution is 2.44. The second kappa shape index (κ2) is 10.8. The van der Waals surface area contributed by atoms with Crippen LogP contribution in [0.2, 0.25) is 0 Å². The zero-order chi connectivity index (χ0) is 26.6. The molecule has 1 heterocycles. The van der Waals surface area contributed by atoms with Gasteiger partial charge in [-0.1, -0.05) is 66.7 Å². The second-order valence-corrected chi connectivity index (χ2v) is 9.34. The summed E-state index contributed by atoms with van der Waals surface area (Å²) in [6.07, 6.45) is 1.34. The second-order valence-electron chi connectivity index (χ2n) is 9.34. The van der Waals surface area contributed by atoms with Gasteiger partial charge < -0.3 is 25.1 Å². The highest BCUT2D eigenvalue weighted by molar-refractivity contribution is 5.90. The fourth-order valence-corrected chi connectivity index (χ4v) is 5.04. The minimum atomic E-state index is -0.930. The molecule has 0 aliphatic heterocycles. The molecule has 3 N–H and O–H groups in total. The van der Waals surface area contributed by atoms with Crippen molar-refractivity contribution in [1.29, 1.82) is 0 Å². The van der Waals surface area contributed by atoms with Crippen LogP contribution in [0.5, 0.6) is 0 Å². The molecule has 4 aromatic rings. The number of carbonyl (C=O) groups is 3. The van der Waals surface area contributed by atoms with E-state index in [4.69, 9.17) is 9.47 Å². The number of amides is 2. The summed E-state index contributed by atoms with van der Waals surface area (Å²) in [5.74, 6) is -1.18. The van der Waals surface area contributed by atoms with Crippen LogP contribution in [0.4, 0.5) is 4.79 Å². The van der Waals surface area contributed by atoms with Gasteiger partial charge in [0.1, 0.15) is 18.7 Å². The zero-order valence-electron chi connectivity index (χ0n) is 21.2. The Bertz CT molecular complexity index is 1450. The number of H-pyrrole nitrogens is 1. The maximum Gasteiger partial charge on any atom is 0.407 e. The Hall–Kier alpha value is -4.59. The molecule has 1 aliphatic rings. The lowest BCUT2D eigenvalue weighted by atomic mass is 9.98. The Morgan fingerprint density at radius 1 is 0.895 bits per heavy atom. The molecule has 8 heteroatoms. The summed E-state index contributed by atoms with van der Waals surface area (Å²) in [5, 5.41) is 6.23. The van der Waals surface area contributed by atoms with E-state index in [1.165, 1.54) is 14.0 Å². The average molecular weight is 512 g/mol. The average Bonchev–Trinajstić information content (AvgIpc) is 3.50. The van der Waals surface area contributed by atoms with Crippen molar-refractivity contribution in [1.82, 2.24) is 15.6 Å². The molecule has 5 rings (SSSR count). The molecule has 1 aromatic heterocycles. The topological polar surface area (TPSA) is 110 Å². The molecule has 0 unspecified atom stereocenters. The summed E-state index contributed by atoms with van der Waals surface area (Å²) >= 11 is 0. The van der Waals surface area contributed by atoms with Crippen molar-refractivity contribution < 1.29 is 23.9 Å². The molecule has 0 fully saturated rings. The fourth-order valence-electron chi connectivity index (χ4n) is 5.04. The third-order valence-corrected chi connectivity index (χ3v) is 6.97. The van der Waals surface area contributed by atoms with Crippen LogP contribution < -0.4 is 10.6 Å². The predicted octanol–water partition coefficient (Wildman–Crippen LogP) is 4.30. The van der Waals surface area contributed by atoms with Gasteiger partial charge in [-0.3, -0.25) is 4.79 Å². The van der Waals surface area contributed by atoms with Gasteiger partial charge in [0.05, 0.1) is 7.11 Å². The quantitative estimate of drug-likeness (QED) is 0.306. The number of carbonyl (C=O) groups excluding carboxylic acids is 3. The van der Waals surface area contributed by atoms with E-state index in [1.54, 1.807) is 0 Å². The van der Waals surface area contributed by atoms with Crippen LogP contribution in [-0.4, -0.2) is 48.8 Å². The summed E-state index contributed by atoms with van der Waals surface area (Å²) < 4.78 is 10.5. The van der Waals surface area contributed by atoms with Crippen molar-refractivity contribution in [2.45, 2.75) is 31.3 Å². The Balaban J connectivity index is 1.20. The number of para-hydroxylation sites is 1. The first-order chi connectivity index (χ1) is 18.5. The monoisotopic (exact) mass is 511 g/mol. The Morgan fingerprint density at radius 3 is 2.21 bits per heavy atom. The number of esters is 1. The van der Waals surface area contributed by atoms with E-state index in [9.17, 15) is 14.4 Å². The summed E-state index contributed by atoms with van der Waals surface area (Å²) in [5.41, 5.74) is 6.27. The van der Waals surface area contributed by atoms with Gasteiger partial charge >= 0.3 is 12.1 Å². The molecule has 2 amide bonds. The normalized spacial score (nSPS) is 13.7. The maximum atomic E-state index is 12.9. The Morgan fingerprint density at radius 2 is 1.53 bits per heavy atom. The molecule has 38 heavy (non-hydrogen) atoms. The first-order valence-electron chi connectivity index (χ1n) is 12.5. The summed E-state index contributed by atoms with van der Waals surface area (Å²) in [4.78, 5) is 41.1. The number of hydrogen-bond acceptors (Lipinski definition) is 5. The lowest BCUT2D eigenvalue weighted by molar-refractivity contribution is -0.145. The number of fused-ring (bicyclic) bond motifs is 4. The van der Waals surface area contributed by atoms with Crippen molar-refractivity contribution in [3.63, 3.8) is 0 Å². The van der Waals surface area contributed by atoms with Crippen LogP contribution in [0.15, 0.2) is 79.0 Å². The minimum Gasteiger partial charge on any atom is -0.467 e. The van der Waals surface area contributed by atoms with Crippen LogP contribution in [0.25, 0.3) is 22.0 Å². The molecule has 0 saturated heterocycles. The number of hydrogen-bond donors (Lipinski definition) is 3. The van der Waals surface area contributed by atoms with Crippen LogP contribution >= 0.6 is 0 Å². The number of aromatic amines is 1. The molecule has 0 bridgehead atoms. The standard InChI is InChI=1S/C30H29N3O5/c1-18(28(34)33-27(29(35)37-2)15-19-16-31-26-14-8-7-9-20(19)26)32-30(36)38-17-25-23-12-5-3-10-21(23)22-11-4-6-13-24(22)25/h3-14,16,18,25,27,31H,15,17H2,1-2H3,(H,32,36)(H,33,34)/t18-,27-/m0/s1. The van der Waals surface area contributed by atoms with Crippen LogP contribution in [0.3, 0.4) is 0 Å². The molecule has 194 valence electrons. The summed E-state index contributed by atoms with van der Waals surface area (Å²) in [6.45, 7) is 1.68. The van der Waals surface area contributed by atoms with Gasteiger partial charge in [-0.25, -0.2) is 9.59 Å². The summed E-state index contributed by atoms with van der Waals surface area (Å²) in [7, 11) is 1.27. The van der Waals surface area contributed by atoms with Gasteiger partial charge in [-0.05, 0) is 40.8 Å². The largest absolute Gasteiger partial charge is 0.467 e. The highest BCUT2D eigenvalue weighted by atomic mass is 16.5. The first kappa shape index (κ1) is 25.1. The van der Waals surface area contributed by atoms with Crippen molar-refractivity contribution in [3.05, 3.63) is 95.7 Å². The van der Waals surface area contributed by atoms with Crippen molar-refractivity contribution >= 4 is 28.9 Å². The van der Waals surface area contributed by atoms with Gasteiger partial charge in [0, 0.05) is 29.4 Å². The fraction of sp³-hybridized carbons (Fsp3) is 0.233. The van der Waals surface area contributed by atoms with E-state index >= 15 is 0 Å². The van der Waals surface area contributed by atoms with Gasteiger partial charge in [-0.15, -0.1) is 0 Å². The molecule has 2 atom stereocenters. The molecular formula is C30H29N3O5. The third kappa shape index (κ3) is 4.98. The molecular weight excluding hydrogens is 482 g/mol.